The largest absolute Gasteiger partial charge is 0.465 e. The van der Waals surface area contributed by atoms with Gasteiger partial charge in [0.25, 0.3) is 0 Å². The van der Waals surface area contributed by atoms with Crippen molar-refractivity contribution in [3.8, 4) is 0 Å². The zero-order chi connectivity index (χ0) is 18.1. The van der Waals surface area contributed by atoms with E-state index in [1.165, 1.54) is 19.3 Å². The molecule has 0 rings (SSSR count). The highest BCUT2D eigenvalue weighted by atomic mass is 16.5. The van der Waals surface area contributed by atoms with Gasteiger partial charge in [-0.3, -0.25) is 4.79 Å². The van der Waals surface area contributed by atoms with Crippen LogP contribution in [0, 0.1) is 22.7 Å². The zero-order valence-electron chi connectivity index (χ0n) is 17.1. The number of esters is 1. The van der Waals surface area contributed by atoms with Crippen molar-refractivity contribution in [3.05, 3.63) is 0 Å². The van der Waals surface area contributed by atoms with Crippen LogP contribution >= 0.6 is 0 Å². The van der Waals surface area contributed by atoms with Gasteiger partial charge in [0, 0.05) is 0 Å². The van der Waals surface area contributed by atoms with E-state index in [4.69, 9.17) is 4.74 Å². The van der Waals surface area contributed by atoms with Gasteiger partial charge in [-0.1, -0.05) is 74.7 Å². The molecule has 0 radical (unpaired) electrons. The monoisotopic (exact) mass is 326 g/mol. The van der Waals surface area contributed by atoms with E-state index in [2.05, 4.69) is 48.5 Å². The molecule has 0 aromatic heterocycles. The van der Waals surface area contributed by atoms with E-state index in [0.717, 1.165) is 25.7 Å². The fourth-order valence-electron chi connectivity index (χ4n) is 2.68. The molecule has 2 atom stereocenters. The molecule has 2 heteroatoms. The Balaban J connectivity index is 3.75. The number of hydrogen-bond acceptors (Lipinski definition) is 2. The van der Waals surface area contributed by atoms with Gasteiger partial charge in [-0.2, -0.15) is 0 Å². The molecule has 2 nitrogen and oxygen atoms in total. The molecule has 0 N–H and O–H groups in total. The molecule has 0 amide bonds. The maximum absolute atomic E-state index is 12.0. The van der Waals surface area contributed by atoms with Gasteiger partial charge in [-0.05, 0) is 42.4 Å². The quantitative estimate of drug-likeness (QED) is 0.421. The lowest BCUT2D eigenvalue weighted by atomic mass is 9.87. The van der Waals surface area contributed by atoms with E-state index in [-0.39, 0.29) is 11.9 Å². The Morgan fingerprint density at radius 3 is 1.78 bits per heavy atom. The van der Waals surface area contributed by atoms with Crippen molar-refractivity contribution < 1.29 is 9.53 Å². The first-order chi connectivity index (χ1) is 10.4. The molecule has 0 aromatic rings. The SMILES string of the molecule is CC(CCCC(C)(C)C)CCOC(=O)C(C)CCCC(C)(C)C. The molecule has 0 aromatic carbocycles. The van der Waals surface area contributed by atoms with Crippen LogP contribution in [-0.4, -0.2) is 12.6 Å². The average molecular weight is 327 g/mol. The van der Waals surface area contributed by atoms with Crippen LogP contribution in [0.5, 0.6) is 0 Å². The Hall–Kier alpha value is -0.530. The highest BCUT2D eigenvalue weighted by Gasteiger charge is 2.17. The van der Waals surface area contributed by atoms with Crippen LogP contribution in [0.1, 0.15) is 100 Å². The third kappa shape index (κ3) is 14.8. The second-order valence-electron chi connectivity index (χ2n) is 9.87. The molecule has 0 bridgehead atoms. The van der Waals surface area contributed by atoms with E-state index >= 15 is 0 Å². The Labute approximate surface area is 145 Å². The van der Waals surface area contributed by atoms with Crippen LogP contribution in [0.4, 0.5) is 0 Å². The van der Waals surface area contributed by atoms with Gasteiger partial charge in [-0.15, -0.1) is 0 Å². The molecule has 2 unspecified atom stereocenters. The number of ether oxygens (including phenoxy) is 1. The average Bonchev–Trinajstić information content (AvgIpc) is 2.35. The Morgan fingerprint density at radius 2 is 1.30 bits per heavy atom. The van der Waals surface area contributed by atoms with E-state index < -0.39 is 0 Å². The number of carbonyl (C=O) groups excluding carboxylic acids is 1. The summed E-state index contributed by atoms with van der Waals surface area (Å²) < 4.78 is 5.47. The normalized spacial score (nSPS) is 15.3. The number of hydrogen-bond donors (Lipinski definition) is 0. The predicted octanol–water partition coefficient (Wildman–Crippen LogP) is 6.62. The van der Waals surface area contributed by atoms with Crippen molar-refractivity contribution in [2.75, 3.05) is 6.61 Å². The van der Waals surface area contributed by atoms with Gasteiger partial charge in [-0.25, -0.2) is 0 Å². The summed E-state index contributed by atoms with van der Waals surface area (Å²) in [5.74, 6) is 0.663. The summed E-state index contributed by atoms with van der Waals surface area (Å²) >= 11 is 0. The first-order valence-electron chi connectivity index (χ1n) is 9.57. The second kappa shape index (κ2) is 10.4. The highest BCUT2D eigenvalue weighted by Crippen LogP contribution is 2.25. The fourth-order valence-corrected chi connectivity index (χ4v) is 2.68. The van der Waals surface area contributed by atoms with Crippen LogP contribution in [0.15, 0.2) is 0 Å². The smallest absolute Gasteiger partial charge is 0.308 e. The topological polar surface area (TPSA) is 26.3 Å². The first-order valence-corrected chi connectivity index (χ1v) is 9.57. The second-order valence-corrected chi connectivity index (χ2v) is 9.87. The highest BCUT2D eigenvalue weighted by molar-refractivity contribution is 5.71. The summed E-state index contributed by atoms with van der Waals surface area (Å²) in [7, 11) is 0. The molecule has 0 spiro atoms. The van der Waals surface area contributed by atoms with Crippen LogP contribution in [0.2, 0.25) is 0 Å². The number of carbonyl (C=O) groups is 1. The summed E-state index contributed by atoms with van der Waals surface area (Å²) in [6.07, 6.45) is 7.96. The van der Waals surface area contributed by atoms with Gasteiger partial charge in [0.15, 0.2) is 0 Å². The minimum absolute atomic E-state index is 0.0131. The molecule has 23 heavy (non-hydrogen) atoms. The molecular formula is C21H42O2. The van der Waals surface area contributed by atoms with Gasteiger partial charge in [0.2, 0.25) is 0 Å². The molecule has 0 saturated heterocycles. The van der Waals surface area contributed by atoms with Crippen molar-refractivity contribution in [1.29, 1.82) is 0 Å². The Bertz CT molecular complexity index is 320. The summed E-state index contributed by atoms with van der Waals surface area (Å²) in [4.78, 5) is 12.0. The van der Waals surface area contributed by atoms with Gasteiger partial charge < -0.3 is 4.74 Å². The molecule has 138 valence electrons. The Morgan fingerprint density at radius 1 is 0.826 bits per heavy atom. The van der Waals surface area contributed by atoms with Gasteiger partial charge in [0.1, 0.15) is 0 Å². The molecule has 0 saturated carbocycles. The van der Waals surface area contributed by atoms with Crippen molar-refractivity contribution in [3.63, 3.8) is 0 Å². The lowest BCUT2D eigenvalue weighted by Gasteiger charge is -2.20. The lowest BCUT2D eigenvalue weighted by Crippen LogP contribution is -2.17. The maximum atomic E-state index is 12.0. The van der Waals surface area contributed by atoms with Crippen LogP contribution < -0.4 is 0 Å². The van der Waals surface area contributed by atoms with Crippen molar-refractivity contribution >= 4 is 5.97 Å². The Kier molecular flexibility index (Phi) is 10.1. The minimum atomic E-state index is -0.0131. The van der Waals surface area contributed by atoms with Crippen molar-refractivity contribution in [1.82, 2.24) is 0 Å². The molecule has 0 fully saturated rings. The van der Waals surface area contributed by atoms with Gasteiger partial charge in [0.05, 0.1) is 12.5 Å². The van der Waals surface area contributed by atoms with Crippen molar-refractivity contribution in [2.45, 2.75) is 100 Å². The van der Waals surface area contributed by atoms with Crippen LogP contribution in [-0.2, 0) is 9.53 Å². The summed E-state index contributed by atoms with van der Waals surface area (Å²) in [5, 5.41) is 0. The third-order valence-corrected chi connectivity index (χ3v) is 4.44. The van der Waals surface area contributed by atoms with E-state index in [1.54, 1.807) is 0 Å². The van der Waals surface area contributed by atoms with E-state index in [9.17, 15) is 4.79 Å². The molecule has 0 aliphatic rings. The first kappa shape index (κ1) is 22.5. The lowest BCUT2D eigenvalue weighted by molar-refractivity contribution is -0.148. The number of rotatable bonds is 10. The van der Waals surface area contributed by atoms with Gasteiger partial charge >= 0.3 is 5.97 Å². The maximum Gasteiger partial charge on any atom is 0.308 e. The summed E-state index contributed by atoms with van der Waals surface area (Å²) in [6.45, 7) is 18.5. The summed E-state index contributed by atoms with van der Waals surface area (Å²) in [6, 6.07) is 0. The molecule has 0 heterocycles. The minimum Gasteiger partial charge on any atom is -0.465 e. The van der Waals surface area contributed by atoms with Crippen molar-refractivity contribution in [2.24, 2.45) is 22.7 Å². The van der Waals surface area contributed by atoms with E-state index in [0.29, 0.717) is 23.4 Å². The third-order valence-electron chi connectivity index (χ3n) is 4.44. The predicted molar refractivity (Wildman–Crippen MR) is 101 cm³/mol. The van der Waals surface area contributed by atoms with E-state index in [1.807, 2.05) is 6.92 Å². The summed E-state index contributed by atoms with van der Waals surface area (Å²) in [5.41, 5.74) is 0.779. The molecule has 0 aliphatic carbocycles. The molecular weight excluding hydrogens is 284 g/mol. The fraction of sp³-hybridized carbons (Fsp3) is 0.952. The van der Waals surface area contributed by atoms with Crippen LogP contribution in [0.25, 0.3) is 0 Å². The molecule has 0 aliphatic heterocycles. The standard InChI is InChI=1S/C21H42O2/c1-17(11-9-14-20(3,4)5)13-16-23-19(22)18(2)12-10-15-21(6,7)8/h17-18H,9-16H2,1-8H3. The van der Waals surface area contributed by atoms with Crippen LogP contribution in [0.3, 0.4) is 0 Å². The zero-order valence-corrected chi connectivity index (χ0v) is 17.1.